The number of carbonyl (C=O) groups excluding carboxylic acids is 1. The van der Waals surface area contributed by atoms with Gasteiger partial charge in [0.15, 0.2) is 11.2 Å². The van der Waals surface area contributed by atoms with Gasteiger partial charge in [-0.1, -0.05) is 0 Å². The lowest BCUT2D eigenvalue weighted by Gasteiger charge is -2.03. The number of aromatic amines is 1. The standard InChI is InChI=1S/C9H11N5O3/c10-9-12-7-6(8(16)13-9)11-5-14(7)1-3-17-4-2-15/h2,5H,1,3-4H2,(H3,10,12,13,16). The van der Waals surface area contributed by atoms with E-state index >= 15 is 0 Å². The monoisotopic (exact) mass is 237 g/mol. The Hall–Kier alpha value is -2.22. The molecule has 8 heteroatoms. The first-order chi connectivity index (χ1) is 8.22. The topological polar surface area (TPSA) is 116 Å². The second-order valence-electron chi connectivity index (χ2n) is 3.30. The van der Waals surface area contributed by atoms with Crippen molar-refractivity contribution in [2.45, 2.75) is 6.54 Å². The van der Waals surface area contributed by atoms with Crippen molar-refractivity contribution in [1.82, 2.24) is 19.5 Å². The van der Waals surface area contributed by atoms with Crippen LogP contribution >= 0.6 is 0 Å². The zero-order chi connectivity index (χ0) is 12.3. The minimum Gasteiger partial charge on any atom is -0.372 e. The van der Waals surface area contributed by atoms with E-state index in [1.807, 2.05) is 0 Å². The minimum absolute atomic E-state index is 0.0399. The van der Waals surface area contributed by atoms with E-state index in [2.05, 4.69) is 15.0 Å². The van der Waals surface area contributed by atoms with Gasteiger partial charge >= 0.3 is 0 Å². The van der Waals surface area contributed by atoms with Crippen LogP contribution in [-0.4, -0.2) is 39.0 Å². The van der Waals surface area contributed by atoms with Gasteiger partial charge in [0.2, 0.25) is 5.95 Å². The van der Waals surface area contributed by atoms with Crippen molar-refractivity contribution in [2.75, 3.05) is 18.9 Å². The van der Waals surface area contributed by atoms with E-state index in [0.717, 1.165) is 0 Å². The number of nitrogens with one attached hydrogen (secondary N) is 1. The van der Waals surface area contributed by atoms with E-state index in [9.17, 15) is 9.59 Å². The fourth-order valence-electron chi connectivity index (χ4n) is 1.43. The zero-order valence-electron chi connectivity index (χ0n) is 8.92. The number of imidazole rings is 1. The lowest BCUT2D eigenvalue weighted by atomic mass is 10.5. The summed E-state index contributed by atoms with van der Waals surface area (Å²) < 4.78 is 6.65. The number of ether oxygens (including phenoxy) is 1. The Kier molecular flexibility index (Phi) is 3.15. The van der Waals surface area contributed by atoms with E-state index < -0.39 is 0 Å². The fourth-order valence-corrected chi connectivity index (χ4v) is 1.43. The van der Waals surface area contributed by atoms with Crippen LogP contribution in [0.3, 0.4) is 0 Å². The molecule has 0 aromatic carbocycles. The van der Waals surface area contributed by atoms with Gasteiger partial charge < -0.3 is 19.8 Å². The second-order valence-corrected chi connectivity index (χ2v) is 3.30. The van der Waals surface area contributed by atoms with Gasteiger partial charge in [-0.05, 0) is 0 Å². The molecule has 0 amide bonds. The number of fused-ring (bicyclic) bond motifs is 1. The number of carbonyl (C=O) groups is 1. The molecule has 0 bridgehead atoms. The highest BCUT2D eigenvalue weighted by atomic mass is 16.5. The Morgan fingerprint density at radius 2 is 2.41 bits per heavy atom. The maximum atomic E-state index is 11.5. The average molecular weight is 237 g/mol. The van der Waals surface area contributed by atoms with Crippen LogP contribution in [0.5, 0.6) is 0 Å². The molecule has 0 aliphatic carbocycles. The number of aromatic nitrogens is 4. The Morgan fingerprint density at radius 3 is 3.18 bits per heavy atom. The van der Waals surface area contributed by atoms with Gasteiger partial charge in [-0.15, -0.1) is 0 Å². The molecule has 2 heterocycles. The molecular formula is C9H11N5O3. The number of anilines is 1. The Balaban J connectivity index is 2.23. The third-order valence-corrected chi connectivity index (χ3v) is 2.16. The molecule has 3 N–H and O–H groups in total. The minimum atomic E-state index is -0.375. The maximum Gasteiger partial charge on any atom is 0.280 e. The van der Waals surface area contributed by atoms with Gasteiger partial charge in [0.25, 0.3) is 5.56 Å². The number of rotatable bonds is 5. The molecule has 2 aromatic heterocycles. The summed E-state index contributed by atoms with van der Waals surface area (Å²) in [6.45, 7) is 0.821. The Morgan fingerprint density at radius 1 is 1.59 bits per heavy atom. The van der Waals surface area contributed by atoms with E-state index in [1.165, 1.54) is 6.33 Å². The Bertz CT molecular complexity index is 588. The van der Waals surface area contributed by atoms with E-state index in [-0.39, 0.29) is 23.6 Å². The average Bonchev–Trinajstić information content (AvgIpc) is 2.68. The molecule has 0 unspecified atom stereocenters. The number of nitrogens with two attached hydrogens (primary N) is 1. The van der Waals surface area contributed by atoms with Crippen LogP contribution in [0.4, 0.5) is 5.95 Å². The fraction of sp³-hybridized carbons (Fsp3) is 0.333. The first-order valence-corrected chi connectivity index (χ1v) is 4.94. The quantitative estimate of drug-likeness (QED) is 0.504. The van der Waals surface area contributed by atoms with E-state index in [0.29, 0.717) is 25.1 Å². The number of nitrogens with zero attached hydrogens (tertiary/aromatic N) is 3. The molecule has 8 nitrogen and oxygen atoms in total. The number of H-pyrrole nitrogens is 1. The van der Waals surface area contributed by atoms with Crippen molar-refractivity contribution in [3.05, 3.63) is 16.7 Å². The summed E-state index contributed by atoms with van der Waals surface area (Å²) in [6, 6.07) is 0. The van der Waals surface area contributed by atoms with Crippen molar-refractivity contribution in [1.29, 1.82) is 0 Å². The van der Waals surface area contributed by atoms with Crippen molar-refractivity contribution >= 4 is 23.4 Å². The highest BCUT2D eigenvalue weighted by molar-refractivity contribution is 5.70. The molecule has 17 heavy (non-hydrogen) atoms. The third kappa shape index (κ3) is 2.31. The highest BCUT2D eigenvalue weighted by Crippen LogP contribution is 2.05. The van der Waals surface area contributed by atoms with Gasteiger partial charge in [0.05, 0.1) is 12.9 Å². The van der Waals surface area contributed by atoms with Gasteiger partial charge in [-0.2, -0.15) is 4.98 Å². The van der Waals surface area contributed by atoms with Crippen molar-refractivity contribution in [3.63, 3.8) is 0 Å². The first-order valence-electron chi connectivity index (χ1n) is 4.94. The highest BCUT2D eigenvalue weighted by Gasteiger charge is 2.08. The summed E-state index contributed by atoms with van der Waals surface area (Å²) in [5.41, 5.74) is 5.70. The predicted molar refractivity (Wildman–Crippen MR) is 59.4 cm³/mol. The van der Waals surface area contributed by atoms with Crippen LogP contribution in [0.25, 0.3) is 11.2 Å². The Labute approximate surface area is 95.4 Å². The van der Waals surface area contributed by atoms with Crippen LogP contribution in [-0.2, 0) is 16.1 Å². The molecular weight excluding hydrogens is 226 g/mol. The second kappa shape index (κ2) is 4.74. The molecule has 0 aliphatic rings. The molecule has 0 aliphatic heterocycles. The van der Waals surface area contributed by atoms with Gasteiger partial charge in [-0.25, -0.2) is 4.98 Å². The van der Waals surface area contributed by atoms with Crippen LogP contribution in [0.2, 0.25) is 0 Å². The van der Waals surface area contributed by atoms with Crippen LogP contribution in [0.15, 0.2) is 11.1 Å². The summed E-state index contributed by atoms with van der Waals surface area (Å²) in [5.74, 6) is 0.0399. The number of aldehydes is 1. The largest absolute Gasteiger partial charge is 0.372 e. The van der Waals surface area contributed by atoms with Gasteiger partial charge in [0, 0.05) is 6.54 Å². The number of hydrogen-bond donors (Lipinski definition) is 2. The molecule has 0 fully saturated rings. The smallest absolute Gasteiger partial charge is 0.280 e. The van der Waals surface area contributed by atoms with Crippen molar-refractivity contribution in [2.24, 2.45) is 0 Å². The molecule has 0 atom stereocenters. The normalized spacial score (nSPS) is 10.8. The molecule has 0 spiro atoms. The molecule has 0 saturated carbocycles. The maximum absolute atomic E-state index is 11.5. The molecule has 90 valence electrons. The molecule has 0 saturated heterocycles. The number of nitrogen functional groups attached to an aromatic ring is 1. The lowest BCUT2D eigenvalue weighted by Crippen LogP contribution is -2.13. The summed E-state index contributed by atoms with van der Waals surface area (Å²) in [5, 5.41) is 0. The van der Waals surface area contributed by atoms with Crippen molar-refractivity contribution in [3.8, 4) is 0 Å². The first kappa shape index (κ1) is 11.3. The van der Waals surface area contributed by atoms with Gasteiger partial charge in [-0.3, -0.25) is 9.78 Å². The van der Waals surface area contributed by atoms with Crippen LogP contribution in [0, 0.1) is 0 Å². The number of hydrogen-bond acceptors (Lipinski definition) is 6. The van der Waals surface area contributed by atoms with Gasteiger partial charge in [0.1, 0.15) is 12.9 Å². The zero-order valence-corrected chi connectivity index (χ0v) is 8.92. The SMILES string of the molecule is Nc1nc2c(ncn2CCOCC=O)c(=O)[nH]1. The van der Waals surface area contributed by atoms with Crippen LogP contribution < -0.4 is 11.3 Å². The summed E-state index contributed by atoms with van der Waals surface area (Å²) in [7, 11) is 0. The molecule has 0 radical (unpaired) electrons. The van der Waals surface area contributed by atoms with E-state index in [1.54, 1.807) is 4.57 Å². The third-order valence-electron chi connectivity index (χ3n) is 2.16. The summed E-state index contributed by atoms with van der Waals surface area (Å²) in [6.07, 6.45) is 2.16. The van der Waals surface area contributed by atoms with Crippen LogP contribution in [0.1, 0.15) is 0 Å². The summed E-state index contributed by atoms with van der Waals surface area (Å²) in [4.78, 5) is 31.8. The predicted octanol–water partition coefficient (Wildman–Crippen LogP) is -1.08. The lowest BCUT2D eigenvalue weighted by molar-refractivity contribution is -0.111. The molecule has 2 aromatic rings. The van der Waals surface area contributed by atoms with Crippen molar-refractivity contribution < 1.29 is 9.53 Å². The van der Waals surface area contributed by atoms with E-state index in [4.69, 9.17) is 10.5 Å². The molecule has 2 rings (SSSR count). The summed E-state index contributed by atoms with van der Waals surface area (Å²) >= 11 is 0.